The van der Waals surface area contributed by atoms with Gasteiger partial charge in [0.05, 0.1) is 10.6 Å². The van der Waals surface area contributed by atoms with Crippen LogP contribution in [0.25, 0.3) is 11.1 Å². The summed E-state index contributed by atoms with van der Waals surface area (Å²) in [7, 11) is -4.02. The molecule has 1 heterocycles. The molecule has 176 valence electrons. The molecule has 1 N–H and O–H groups in total. The van der Waals surface area contributed by atoms with Gasteiger partial charge in [-0.3, -0.25) is 9.10 Å². The van der Waals surface area contributed by atoms with Crippen molar-refractivity contribution in [3.05, 3.63) is 120 Å². The zero-order valence-corrected chi connectivity index (χ0v) is 19.6. The minimum atomic E-state index is -4.02. The average molecular weight is 487 g/mol. The Kier molecular flexibility index (Phi) is 6.09. The maximum atomic E-state index is 13.8. The van der Waals surface area contributed by atoms with E-state index >= 15 is 0 Å². The van der Waals surface area contributed by atoms with Crippen molar-refractivity contribution in [2.45, 2.75) is 23.9 Å². The number of rotatable bonds is 6. The van der Waals surface area contributed by atoms with Gasteiger partial charge in [-0.05, 0) is 52.6 Å². The molecule has 0 radical (unpaired) electrons. The molecule has 0 unspecified atom stereocenters. The summed E-state index contributed by atoms with van der Waals surface area (Å²) in [6, 6.07) is 28.2. The highest BCUT2D eigenvalue weighted by atomic mass is 32.2. The van der Waals surface area contributed by atoms with Gasteiger partial charge in [0.1, 0.15) is 11.9 Å². The van der Waals surface area contributed by atoms with Gasteiger partial charge in [0, 0.05) is 13.0 Å². The molecular formula is C28H23FN2O3S. The first-order chi connectivity index (χ1) is 16.9. The second-order valence-corrected chi connectivity index (χ2v) is 10.2. The molecule has 0 spiro atoms. The van der Waals surface area contributed by atoms with Gasteiger partial charge in [0.2, 0.25) is 5.91 Å². The Labute approximate surface area is 203 Å². The summed E-state index contributed by atoms with van der Waals surface area (Å²) >= 11 is 0. The van der Waals surface area contributed by atoms with E-state index in [4.69, 9.17) is 0 Å². The van der Waals surface area contributed by atoms with Crippen LogP contribution in [0.1, 0.15) is 11.1 Å². The molecular weight excluding hydrogens is 463 g/mol. The third-order valence-electron chi connectivity index (χ3n) is 6.13. The monoisotopic (exact) mass is 486 g/mol. The number of hydrogen-bond donors (Lipinski definition) is 1. The second kappa shape index (κ2) is 9.35. The molecule has 0 fully saturated rings. The lowest BCUT2D eigenvalue weighted by Crippen LogP contribution is -2.47. The molecule has 1 amide bonds. The van der Waals surface area contributed by atoms with Crippen LogP contribution in [0.3, 0.4) is 0 Å². The van der Waals surface area contributed by atoms with Crippen LogP contribution in [0.5, 0.6) is 0 Å². The maximum absolute atomic E-state index is 13.8. The van der Waals surface area contributed by atoms with Gasteiger partial charge in [-0.25, -0.2) is 12.8 Å². The summed E-state index contributed by atoms with van der Waals surface area (Å²) in [5.74, 6) is -0.686. The van der Waals surface area contributed by atoms with E-state index in [0.29, 0.717) is 18.7 Å². The minimum Gasteiger partial charge on any atom is -0.350 e. The molecule has 5 rings (SSSR count). The molecule has 1 aliphatic heterocycles. The Morgan fingerprint density at radius 1 is 0.829 bits per heavy atom. The first kappa shape index (κ1) is 22.8. The van der Waals surface area contributed by atoms with Crippen LogP contribution in [0.15, 0.2) is 108 Å². The van der Waals surface area contributed by atoms with E-state index in [1.54, 1.807) is 36.4 Å². The number of nitrogens with one attached hydrogen (secondary N) is 1. The molecule has 0 bridgehead atoms. The van der Waals surface area contributed by atoms with Crippen LogP contribution in [0, 0.1) is 5.82 Å². The van der Waals surface area contributed by atoms with Crippen molar-refractivity contribution in [2.75, 3.05) is 4.31 Å². The quantitative estimate of drug-likeness (QED) is 0.420. The fourth-order valence-corrected chi connectivity index (χ4v) is 5.98. The SMILES string of the molecule is O=C(NCc1ccccc1)[C@@H]1Cc2ccccc2N1S(=O)(=O)c1ccc(-c2ccc(F)cc2)cc1. The molecule has 7 heteroatoms. The number of benzene rings is 4. The van der Waals surface area contributed by atoms with Crippen LogP contribution < -0.4 is 9.62 Å². The predicted octanol–water partition coefficient (Wildman–Crippen LogP) is 4.93. The molecule has 4 aromatic rings. The Bertz CT molecular complexity index is 1450. The normalized spacial score (nSPS) is 15.0. The van der Waals surface area contributed by atoms with Crippen molar-refractivity contribution in [3.8, 4) is 11.1 Å². The number of nitrogens with zero attached hydrogens (tertiary/aromatic N) is 1. The van der Waals surface area contributed by atoms with Crippen molar-refractivity contribution >= 4 is 21.6 Å². The maximum Gasteiger partial charge on any atom is 0.265 e. The smallest absolute Gasteiger partial charge is 0.265 e. The molecule has 0 saturated carbocycles. The highest BCUT2D eigenvalue weighted by Gasteiger charge is 2.42. The van der Waals surface area contributed by atoms with E-state index in [0.717, 1.165) is 22.3 Å². The third-order valence-corrected chi connectivity index (χ3v) is 7.96. The number of fused-ring (bicyclic) bond motifs is 1. The number of carbonyl (C=O) groups is 1. The van der Waals surface area contributed by atoms with Crippen molar-refractivity contribution in [3.63, 3.8) is 0 Å². The predicted molar refractivity (Wildman–Crippen MR) is 134 cm³/mol. The van der Waals surface area contributed by atoms with Gasteiger partial charge < -0.3 is 5.32 Å². The fourth-order valence-electron chi connectivity index (χ4n) is 4.33. The van der Waals surface area contributed by atoms with E-state index in [-0.39, 0.29) is 16.6 Å². The summed E-state index contributed by atoms with van der Waals surface area (Å²) in [6.07, 6.45) is 0.295. The standard InChI is InChI=1S/C28H23FN2O3S/c29-24-14-10-21(11-15-24)22-12-16-25(17-13-22)35(33,34)31-26-9-5-4-8-23(26)18-27(31)28(32)30-19-20-6-2-1-3-7-20/h1-17,27H,18-19H2,(H,30,32)/t27-/m0/s1. The van der Waals surface area contributed by atoms with Crippen molar-refractivity contribution in [1.82, 2.24) is 5.32 Å². The molecule has 35 heavy (non-hydrogen) atoms. The Balaban J connectivity index is 1.44. The topological polar surface area (TPSA) is 66.5 Å². The number of carbonyl (C=O) groups excluding carboxylic acids is 1. The number of para-hydroxylation sites is 1. The molecule has 0 aromatic heterocycles. The summed E-state index contributed by atoms with van der Waals surface area (Å²) < 4.78 is 42.0. The van der Waals surface area contributed by atoms with Gasteiger partial charge in [-0.15, -0.1) is 0 Å². The number of anilines is 1. The number of halogens is 1. The fraction of sp³-hybridized carbons (Fsp3) is 0.107. The van der Waals surface area contributed by atoms with Crippen LogP contribution in [0.4, 0.5) is 10.1 Å². The Hall–Kier alpha value is -3.97. The number of amides is 1. The molecule has 5 nitrogen and oxygen atoms in total. The lowest BCUT2D eigenvalue weighted by molar-refractivity contribution is -0.122. The zero-order valence-electron chi connectivity index (χ0n) is 18.8. The zero-order chi connectivity index (χ0) is 24.4. The van der Waals surface area contributed by atoms with Gasteiger partial charge in [0.25, 0.3) is 10.0 Å². The lowest BCUT2D eigenvalue weighted by Gasteiger charge is -2.26. The number of hydrogen-bond acceptors (Lipinski definition) is 3. The summed E-state index contributed by atoms with van der Waals surface area (Å²) in [5, 5.41) is 2.89. The summed E-state index contributed by atoms with van der Waals surface area (Å²) in [5.41, 5.74) is 3.79. The van der Waals surface area contributed by atoms with Gasteiger partial charge in [-0.1, -0.05) is 72.8 Å². The number of sulfonamides is 1. The van der Waals surface area contributed by atoms with Crippen molar-refractivity contribution in [2.24, 2.45) is 0 Å². The molecule has 0 aliphatic carbocycles. The summed E-state index contributed by atoms with van der Waals surface area (Å²) in [6.45, 7) is 0.312. The van der Waals surface area contributed by atoms with Gasteiger partial charge in [0.15, 0.2) is 0 Å². The van der Waals surface area contributed by atoms with Crippen molar-refractivity contribution in [1.29, 1.82) is 0 Å². The van der Waals surface area contributed by atoms with Crippen molar-refractivity contribution < 1.29 is 17.6 Å². The van der Waals surface area contributed by atoms with E-state index < -0.39 is 16.1 Å². The molecule has 4 aromatic carbocycles. The van der Waals surface area contributed by atoms with Gasteiger partial charge >= 0.3 is 0 Å². The molecule has 1 aliphatic rings. The first-order valence-corrected chi connectivity index (χ1v) is 12.7. The minimum absolute atomic E-state index is 0.0842. The summed E-state index contributed by atoms with van der Waals surface area (Å²) in [4.78, 5) is 13.3. The Morgan fingerprint density at radius 2 is 1.43 bits per heavy atom. The van der Waals surface area contributed by atoms with E-state index in [9.17, 15) is 17.6 Å². The molecule has 1 atom stereocenters. The van der Waals surface area contributed by atoms with Gasteiger partial charge in [-0.2, -0.15) is 0 Å². The van der Waals surface area contributed by atoms with Crippen LogP contribution in [-0.2, 0) is 27.8 Å². The molecule has 0 saturated heterocycles. The second-order valence-electron chi connectivity index (χ2n) is 8.38. The lowest BCUT2D eigenvalue weighted by atomic mass is 10.1. The van der Waals surface area contributed by atoms with Crippen LogP contribution >= 0.6 is 0 Å². The third kappa shape index (κ3) is 4.55. The average Bonchev–Trinajstić information content (AvgIpc) is 3.29. The van der Waals surface area contributed by atoms with E-state index in [1.807, 2.05) is 42.5 Å². The van der Waals surface area contributed by atoms with Crippen LogP contribution in [0.2, 0.25) is 0 Å². The van der Waals surface area contributed by atoms with E-state index in [2.05, 4.69) is 5.32 Å². The highest BCUT2D eigenvalue weighted by molar-refractivity contribution is 7.93. The largest absolute Gasteiger partial charge is 0.350 e. The van der Waals surface area contributed by atoms with E-state index in [1.165, 1.54) is 28.6 Å². The highest BCUT2D eigenvalue weighted by Crippen LogP contribution is 2.37. The first-order valence-electron chi connectivity index (χ1n) is 11.2. The Morgan fingerprint density at radius 3 is 2.11 bits per heavy atom. The van der Waals surface area contributed by atoms with Crippen LogP contribution in [-0.4, -0.2) is 20.4 Å².